The molecule has 0 aliphatic rings. The van der Waals surface area contributed by atoms with Crippen molar-refractivity contribution in [3.8, 4) is 5.75 Å². The zero-order valence-electron chi connectivity index (χ0n) is 14.4. The Bertz CT molecular complexity index is 924. The van der Waals surface area contributed by atoms with E-state index in [9.17, 15) is 4.79 Å². The molecule has 0 aliphatic carbocycles. The smallest absolute Gasteiger partial charge is 0.303 e. The summed E-state index contributed by atoms with van der Waals surface area (Å²) in [5.41, 5.74) is 2.61. The van der Waals surface area contributed by atoms with Crippen LogP contribution in [0.1, 0.15) is 43.0 Å². The van der Waals surface area contributed by atoms with Crippen LogP contribution in [0.15, 0.2) is 28.8 Å². The molecule has 0 aliphatic heterocycles. The molecule has 0 fully saturated rings. The van der Waals surface area contributed by atoms with Crippen molar-refractivity contribution >= 4 is 28.5 Å². The maximum atomic E-state index is 10.7. The van der Waals surface area contributed by atoms with E-state index in [-0.39, 0.29) is 18.9 Å². The molecule has 7 nitrogen and oxygen atoms in total. The number of ether oxygens (including phenoxy) is 1. The molecule has 0 spiro atoms. The Labute approximate surface area is 154 Å². The first-order valence-electron chi connectivity index (χ1n) is 8.24. The second-order valence-electron chi connectivity index (χ2n) is 5.92. The van der Waals surface area contributed by atoms with Crippen LogP contribution < -0.4 is 4.74 Å². The Morgan fingerprint density at radius 3 is 2.81 bits per heavy atom. The zero-order chi connectivity index (χ0) is 18.7. The standard InChI is InChI=1S/C18H18ClN3O4/c1-3-15(14-5-4-10(2)20-21-14)25-17-9-16-11(8-12(17)19)13(22-26-16)6-7-18(23)24/h4-5,8-9,15H,3,6-7H2,1-2H3,(H,23,24)/t15-/m1/s1. The minimum atomic E-state index is -0.891. The van der Waals surface area contributed by atoms with E-state index in [0.717, 1.165) is 5.69 Å². The topological polar surface area (TPSA) is 98.3 Å². The largest absolute Gasteiger partial charge is 0.482 e. The van der Waals surface area contributed by atoms with Gasteiger partial charge >= 0.3 is 5.97 Å². The lowest BCUT2D eigenvalue weighted by molar-refractivity contribution is -0.136. The first kappa shape index (κ1) is 18.1. The summed E-state index contributed by atoms with van der Waals surface area (Å²) in [6, 6.07) is 7.11. The summed E-state index contributed by atoms with van der Waals surface area (Å²) in [5, 5.41) is 22.1. The Morgan fingerprint density at radius 2 is 2.15 bits per heavy atom. The van der Waals surface area contributed by atoms with Gasteiger partial charge < -0.3 is 14.4 Å². The van der Waals surface area contributed by atoms with Crippen molar-refractivity contribution in [2.45, 2.75) is 39.2 Å². The van der Waals surface area contributed by atoms with Crippen LogP contribution in [-0.2, 0) is 11.2 Å². The predicted octanol–water partition coefficient (Wildman–Crippen LogP) is 4.13. The van der Waals surface area contributed by atoms with E-state index in [1.807, 2.05) is 26.0 Å². The molecule has 3 aromatic rings. The lowest BCUT2D eigenvalue weighted by atomic mass is 10.1. The van der Waals surface area contributed by atoms with Gasteiger partial charge in [-0.25, -0.2) is 0 Å². The number of carboxylic acids is 1. The third-order valence-electron chi connectivity index (χ3n) is 3.96. The Morgan fingerprint density at radius 1 is 1.35 bits per heavy atom. The van der Waals surface area contributed by atoms with Crippen molar-refractivity contribution in [1.29, 1.82) is 0 Å². The lowest BCUT2D eigenvalue weighted by Gasteiger charge is -2.17. The van der Waals surface area contributed by atoms with Gasteiger partial charge in [0.25, 0.3) is 0 Å². The number of aryl methyl sites for hydroxylation is 2. The number of nitrogens with zero attached hydrogens (tertiary/aromatic N) is 3. The molecule has 8 heteroatoms. The number of fused-ring (bicyclic) bond motifs is 1. The first-order valence-corrected chi connectivity index (χ1v) is 8.62. The van der Waals surface area contributed by atoms with Crippen molar-refractivity contribution in [2.24, 2.45) is 0 Å². The van der Waals surface area contributed by atoms with Gasteiger partial charge in [0.1, 0.15) is 17.5 Å². The first-order chi connectivity index (χ1) is 12.5. The van der Waals surface area contributed by atoms with Crippen LogP contribution in [0, 0.1) is 6.92 Å². The molecule has 0 amide bonds. The van der Waals surface area contributed by atoms with Crippen LogP contribution in [0.3, 0.4) is 0 Å². The maximum absolute atomic E-state index is 10.7. The van der Waals surface area contributed by atoms with Crippen molar-refractivity contribution in [2.75, 3.05) is 0 Å². The van der Waals surface area contributed by atoms with Gasteiger partial charge in [-0.3, -0.25) is 4.79 Å². The number of carboxylic acid groups (broad SMARTS) is 1. The summed E-state index contributed by atoms with van der Waals surface area (Å²) in [4.78, 5) is 10.7. The lowest BCUT2D eigenvalue weighted by Crippen LogP contribution is -2.09. The van der Waals surface area contributed by atoms with Crippen molar-refractivity contribution in [1.82, 2.24) is 15.4 Å². The van der Waals surface area contributed by atoms with E-state index < -0.39 is 5.97 Å². The quantitative estimate of drug-likeness (QED) is 0.662. The van der Waals surface area contributed by atoms with Gasteiger partial charge in [0, 0.05) is 17.9 Å². The van der Waals surface area contributed by atoms with Gasteiger partial charge in [-0.05, 0) is 31.5 Å². The number of hydrogen-bond donors (Lipinski definition) is 1. The molecule has 0 radical (unpaired) electrons. The highest BCUT2D eigenvalue weighted by Crippen LogP contribution is 2.35. The van der Waals surface area contributed by atoms with Crippen molar-refractivity contribution < 1.29 is 19.2 Å². The summed E-state index contributed by atoms with van der Waals surface area (Å²) in [6.45, 7) is 3.85. The second kappa shape index (κ2) is 7.70. The monoisotopic (exact) mass is 375 g/mol. The molecule has 26 heavy (non-hydrogen) atoms. The number of hydrogen-bond acceptors (Lipinski definition) is 6. The normalized spacial score (nSPS) is 12.3. The Kier molecular flexibility index (Phi) is 5.37. The molecule has 0 bridgehead atoms. The van der Waals surface area contributed by atoms with Gasteiger partial charge in [0.15, 0.2) is 5.58 Å². The van der Waals surface area contributed by atoms with Gasteiger partial charge in [0.2, 0.25) is 0 Å². The molecular formula is C18H18ClN3O4. The highest BCUT2D eigenvalue weighted by Gasteiger charge is 2.18. The molecule has 1 N–H and O–H groups in total. The molecule has 0 unspecified atom stereocenters. The number of aliphatic carboxylic acids is 1. The van der Waals surface area contributed by atoms with Gasteiger partial charge in [0.05, 0.1) is 22.8 Å². The minimum Gasteiger partial charge on any atom is -0.482 e. The molecular weight excluding hydrogens is 358 g/mol. The second-order valence-corrected chi connectivity index (χ2v) is 6.32. The number of carbonyl (C=O) groups is 1. The fourth-order valence-electron chi connectivity index (χ4n) is 2.57. The molecule has 0 saturated heterocycles. The third-order valence-corrected chi connectivity index (χ3v) is 4.26. The summed E-state index contributed by atoms with van der Waals surface area (Å²) in [7, 11) is 0. The number of aromatic nitrogens is 3. The number of rotatable bonds is 7. The highest BCUT2D eigenvalue weighted by molar-refractivity contribution is 6.32. The third kappa shape index (κ3) is 3.94. The van der Waals surface area contributed by atoms with Gasteiger partial charge in [-0.1, -0.05) is 23.7 Å². The van der Waals surface area contributed by atoms with Crippen molar-refractivity contribution in [3.63, 3.8) is 0 Å². The zero-order valence-corrected chi connectivity index (χ0v) is 15.2. The van der Waals surface area contributed by atoms with Crippen LogP contribution >= 0.6 is 11.6 Å². The fourth-order valence-corrected chi connectivity index (χ4v) is 2.78. The molecule has 1 atom stereocenters. The fraction of sp³-hybridized carbons (Fsp3) is 0.333. The maximum Gasteiger partial charge on any atom is 0.303 e. The minimum absolute atomic E-state index is 0.0263. The van der Waals surface area contributed by atoms with Crippen LogP contribution in [-0.4, -0.2) is 26.4 Å². The Hall–Kier alpha value is -2.67. The SMILES string of the molecule is CC[C@@H](Oc1cc2onc(CCC(=O)O)c2cc1Cl)c1ccc(C)nn1. The summed E-state index contributed by atoms with van der Waals surface area (Å²) < 4.78 is 11.3. The molecule has 2 aromatic heterocycles. The predicted molar refractivity (Wildman–Crippen MR) is 95.4 cm³/mol. The van der Waals surface area contributed by atoms with E-state index in [4.69, 9.17) is 26.0 Å². The van der Waals surface area contributed by atoms with E-state index in [1.54, 1.807) is 12.1 Å². The van der Waals surface area contributed by atoms with Crippen LogP contribution in [0.2, 0.25) is 5.02 Å². The summed E-state index contributed by atoms with van der Waals surface area (Å²) >= 11 is 6.36. The summed E-state index contributed by atoms with van der Waals surface area (Å²) in [5.74, 6) is -0.438. The van der Waals surface area contributed by atoms with Crippen molar-refractivity contribution in [3.05, 3.63) is 46.4 Å². The van der Waals surface area contributed by atoms with Gasteiger partial charge in [-0.15, -0.1) is 0 Å². The highest BCUT2D eigenvalue weighted by atomic mass is 35.5. The number of halogens is 1. The van der Waals surface area contributed by atoms with Crippen LogP contribution in [0.25, 0.3) is 11.0 Å². The van der Waals surface area contributed by atoms with E-state index in [1.165, 1.54) is 0 Å². The average Bonchev–Trinajstić information content (AvgIpc) is 3.00. The molecule has 0 saturated carbocycles. The molecule has 3 rings (SSSR count). The van der Waals surface area contributed by atoms with Crippen LogP contribution in [0.5, 0.6) is 5.75 Å². The molecule has 2 heterocycles. The van der Waals surface area contributed by atoms with E-state index in [2.05, 4.69) is 15.4 Å². The summed E-state index contributed by atoms with van der Waals surface area (Å²) in [6.07, 6.45) is 0.635. The molecule has 1 aromatic carbocycles. The van der Waals surface area contributed by atoms with Crippen LogP contribution in [0.4, 0.5) is 0 Å². The molecule has 136 valence electrons. The average molecular weight is 376 g/mol. The number of benzene rings is 1. The Balaban J connectivity index is 1.86. The van der Waals surface area contributed by atoms with Gasteiger partial charge in [-0.2, -0.15) is 10.2 Å². The van der Waals surface area contributed by atoms with E-state index >= 15 is 0 Å². The van der Waals surface area contributed by atoms with E-state index in [0.29, 0.717) is 39.6 Å².